The van der Waals surface area contributed by atoms with Crippen molar-refractivity contribution in [3.05, 3.63) is 24.3 Å². The lowest BCUT2D eigenvalue weighted by Crippen LogP contribution is -2.46. The van der Waals surface area contributed by atoms with Gasteiger partial charge in [-0.05, 0) is 12.1 Å². The van der Waals surface area contributed by atoms with E-state index in [-0.39, 0.29) is 0 Å². The van der Waals surface area contributed by atoms with Crippen LogP contribution >= 0.6 is 0 Å². The number of benzene rings is 1. The lowest BCUT2D eigenvalue weighted by molar-refractivity contribution is -0.119. The topological polar surface area (TPSA) is 32.5 Å². The summed E-state index contributed by atoms with van der Waals surface area (Å²) in [4.78, 5) is 3.41. The number of rotatable bonds is 3. The Balaban J connectivity index is 2.25. The molecule has 1 aliphatic heterocycles. The minimum atomic E-state index is -4.18. The Morgan fingerprint density at radius 3 is 2.17 bits per heavy atom. The van der Waals surface area contributed by atoms with Gasteiger partial charge in [0.15, 0.2) is 0 Å². The van der Waals surface area contributed by atoms with Crippen molar-refractivity contribution in [2.24, 2.45) is 5.73 Å². The minimum Gasteiger partial charge on any atom is -0.367 e. The van der Waals surface area contributed by atoms with E-state index < -0.39 is 12.7 Å². The molecule has 1 aliphatic rings. The van der Waals surface area contributed by atoms with Gasteiger partial charge in [-0.15, -0.1) is 0 Å². The largest absolute Gasteiger partial charge is 0.405 e. The first-order valence-corrected chi connectivity index (χ1v) is 5.87. The Hall–Kier alpha value is -1.43. The van der Waals surface area contributed by atoms with Gasteiger partial charge in [0, 0.05) is 26.2 Å². The van der Waals surface area contributed by atoms with Crippen LogP contribution in [0.25, 0.3) is 0 Å². The van der Waals surface area contributed by atoms with Crippen LogP contribution in [0.2, 0.25) is 0 Å². The third kappa shape index (κ3) is 2.87. The monoisotopic (exact) mass is 259 g/mol. The fraction of sp³-hybridized carbons (Fsp3) is 0.500. The van der Waals surface area contributed by atoms with Gasteiger partial charge in [0.1, 0.15) is 6.54 Å². The van der Waals surface area contributed by atoms with Gasteiger partial charge in [0.05, 0.1) is 11.4 Å². The van der Waals surface area contributed by atoms with E-state index in [1.807, 2.05) is 17.0 Å². The highest BCUT2D eigenvalue weighted by atomic mass is 19.4. The number of hydrogen-bond donors (Lipinski definition) is 1. The molecule has 0 fully saturated rings. The van der Waals surface area contributed by atoms with Crippen molar-refractivity contribution >= 4 is 11.4 Å². The quantitative estimate of drug-likeness (QED) is 0.899. The summed E-state index contributed by atoms with van der Waals surface area (Å²) >= 11 is 0. The zero-order valence-corrected chi connectivity index (χ0v) is 9.95. The van der Waals surface area contributed by atoms with E-state index in [9.17, 15) is 13.2 Å². The van der Waals surface area contributed by atoms with Crippen LogP contribution in [0.4, 0.5) is 24.5 Å². The maximum atomic E-state index is 12.5. The van der Waals surface area contributed by atoms with Crippen LogP contribution in [-0.2, 0) is 0 Å². The second-order valence-corrected chi connectivity index (χ2v) is 4.30. The molecular formula is C12H16F3N3. The summed E-state index contributed by atoms with van der Waals surface area (Å²) in [6, 6.07) is 7.16. The summed E-state index contributed by atoms with van der Waals surface area (Å²) in [6.07, 6.45) is -4.18. The molecule has 18 heavy (non-hydrogen) atoms. The maximum Gasteiger partial charge on any atom is 0.405 e. The van der Waals surface area contributed by atoms with E-state index in [2.05, 4.69) is 0 Å². The van der Waals surface area contributed by atoms with Gasteiger partial charge in [0.25, 0.3) is 0 Å². The zero-order chi connectivity index (χ0) is 13.2. The molecule has 0 atom stereocenters. The summed E-state index contributed by atoms with van der Waals surface area (Å²) in [7, 11) is 0. The van der Waals surface area contributed by atoms with Gasteiger partial charge < -0.3 is 15.5 Å². The highest BCUT2D eigenvalue weighted by Gasteiger charge is 2.33. The smallest absolute Gasteiger partial charge is 0.367 e. The number of halogens is 3. The number of nitrogens with zero attached hydrogens (tertiary/aromatic N) is 2. The van der Waals surface area contributed by atoms with Crippen LogP contribution in [-0.4, -0.2) is 38.9 Å². The average Bonchev–Trinajstić information content (AvgIpc) is 2.31. The molecule has 0 unspecified atom stereocenters. The van der Waals surface area contributed by atoms with Crippen LogP contribution < -0.4 is 15.5 Å². The van der Waals surface area contributed by atoms with Gasteiger partial charge in [-0.25, -0.2) is 0 Å². The highest BCUT2D eigenvalue weighted by Crippen LogP contribution is 2.34. The van der Waals surface area contributed by atoms with Crippen LogP contribution in [0.15, 0.2) is 24.3 Å². The van der Waals surface area contributed by atoms with E-state index in [1.54, 1.807) is 12.1 Å². The second-order valence-electron chi connectivity index (χ2n) is 4.30. The van der Waals surface area contributed by atoms with Crippen LogP contribution in [0.3, 0.4) is 0 Å². The van der Waals surface area contributed by atoms with Crippen molar-refractivity contribution < 1.29 is 13.2 Å². The van der Waals surface area contributed by atoms with Crippen LogP contribution in [0, 0.1) is 0 Å². The summed E-state index contributed by atoms with van der Waals surface area (Å²) in [5.41, 5.74) is 6.98. The average molecular weight is 259 g/mol. The first-order chi connectivity index (χ1) is 8.51. The van der Waals surface area contributed by atoms with E-state index >= 15 is 0 Å². The second kappa shape index (κ2) is 5.06. The molecule has 0 aromatic heterocycles. The molecule has 0 spiro atoms. The van der Waals surface area contributed by atoms with E-state index in [0.29, 0.717) is 31.9 Å². The van der Waals surface area contributed by atoms with E-state index in [4.69, 9.17) is 5.73 Å². The molecule has 0 bridgehead atoms. The molecule has 3 nitrogen and oxygen atoms in total. The van der Waals surface area contributed by atoms with Gasteiger partial charge in [-0.2, -0.15) is 13.2 Å². The molecule has 0 radical (unpaired) electrons. The molecule has 0 aliphatic carbocycles. The number of nitrogens with two attached hydrogens (primary N) is 1. The van der Waals surface area contributed by atoms with Crippen LogP contribution in [0.5, 0.6) is 0 Å². The first kappa shape index (κ1) is 13.0. The predicted octanol–water partition coefficient (Wildman–Crippen LogP) is 1.83. The van der Waals surface area contributed by atoms with Gasteiger partial charge in [-0.3, -0.25) is 0 Å². The maximum absolute atomic E-state index is 12.5. The fourth-order valence-corrected chi connectivity index (χ4v) is 2.25. The Bertz CT molecular complexity index is 406. The van der Waals surface area contributed by atoms with E-state index in [0.717, 1.165) is 5.69 Å². The first-order valence-electron chi connectivity index (χ1n) is 5.87. The minimum absolute atomic E-state index is 0.372. The summed E-state index contributed by atoms with van der Waals surface area (Å²) in [6.45, 7) is 1.20. The summed E-state index contributed by atoms with van der Waals surface area (Å²) < 4.78 is 37.5. The molecule has 100 valence electrons. The lowest BCUT2D eigenvalue weighted by atomic mass is 10.1. The third-order valence-corrected chi connectivity index (χ3v) is 2.97. The Kier molecular flexibility index (Phi) is 3.65. The van der Waals surface area contributed by atoms with Gasteiger partial charge in [0.2, 0.25) is 0 Å². The molecular weight excluding hydrogens is 243 g/mol. The normalized spacial score (nSPS) is 15.8. The van der Waals surface area contributed by atoms with E-state index in [1.165, 1.54) is 4.90 Å². The van der Waals surface area contributed by atoms with Gasteiger partial charge in [-0.1, -0.05) is 12.1 Å². The number of alkyl halides is 3. The predicted molar refractivity (Wildman–Crippen MR) is 66.0 cm³/mol. The lowest BCUT2D eigenvalue weighted by Gasteiger charge is -2.39. The van der Waals surface area contributed by atoms with Crippen molar-refractivity contribution in [1.29, 1.82) is 0 Å². The molecule has 1 aromatic carbocycles. The summed E-state index contributed by atoms with van der Waals surface area (Å²) in [5.74, 6) is 0. The Labute approximate surface area is 104 Å². The van der Waals surface area contributed by atoms with Crippen molar-refractivity contribution in [2.45, 2.75) is 6.18 Å². The number of hydrogen-bond acceptors (Lipinski definition) is 3. The van der Waals surface area contributed by atoms with Crippen molar-refractivity contribution in [3.8, 4) is 0 Å². The SMILES string of the molecule is NCCN1CCN(CC(F)(F)F)c2ccccc21. The number of para-hydroxylation sites is 2. The van der Waals surface area contributed by atoms with Crippen molar-refractivity contribution in [1.82, 2.24) is 0 Å². The molecule has 1 heterocycles. The molecule has 2 N–H and O–H groups in total. The third-order valence-electron chi connectivity index (χ3n) is 2.97. The molecule has 6 heteroatoms. The van der Waals surface area contributed by atoms with Crippen LogP contribution in [0.1, 0.15) is 0 Å². The number of fused-ring (bicyclic) bond motifs is 1. The zero-order valence-electron chi connectivity index (χ0n) is 9.95. The van der Waals surface area contributed by atoms with Crippen molar-refractivity contribution in [2.75, 3.05) is 42.5 Å². The Morgan fingerprint density at radius 1 is 1.06 bits per heavy atom. The number of anilines is 2. The highest BCUT2D eigenvalue weighted by molar-refractivity contribution is 5.73. The standard InChI is InChI=1S/C12H16F3N3/c13-12(14,15)9-18-8-7-17(6-5-16)10-3-1-2-4-11(10)18/h1-4H,5-9,16H2. The molecule has 0 amide bonds. The molecule has 0 saturated carbocycles. The molecule has 0 saturated heterocycles. The molecule has 1 aromatic rings. The fourth-order valence-electron chi connectivity index (χ4n) is 2.25. The van der Waals surface area contributed by atoms with Crippen molar-refractivity contribution in [3.63, 3.8) is 0 Å². The molecule has 2 rings (SSSR count). The Morgan fingerprint density at radius 2 is 1.61 bits per heavy atom. The van der Waals surface area contributed by atoms with Gasteiger partial charge >= 0.3 is 6.18 Å². The summed E-state index contributed by atoms with van der Waals surface area (Å²) in [5, 5.41) is 0.